The van der Waals surface area contributed by atoms with E-state index in [1.807, 2.05) is 0 Å². The van der Waals surface area contributed by atoms with E-state index in [1.54, 1.807) is 0 Å². The number of carbonyl (C=O) groups is 1. The van der Waals surface area contributed by atoms with Gasteiger partial charge in [0.15, 0.2) is 6.29 Å². The van der Waals surface area contributed by atoms with Gasteiger partial charge in [-0.1, -0.05) is 109 Å². The third-order valence-electron chi connectivity index (χ3n) is 8.31. The van der Waals surface area contributed by atoms with Gasteiger partial charge in [-0.2, -0.15) is 0 Å². The smallest absolute Gasteiger partial charge is 0.220 e. The lowest BCUT2D eigenvalue weighted by Crippen LogP contribution is -2.60. The van der Waals surface area contributed by atoms with Crippen molar-refractivity contribution in [2.24, 2.45) is 0 Å². The molecular weight excluding hydrogens is 562 g/mol. The first-order valence-electron chi connectivity index (χ1n) is 17.5. The average Bonchev–Trinajstić information content (AvgIpc) is 3.02. The third-order valence-corrected chi connectivity index (χ3v) is 8.31. The fourth-order valence-corrected chi connectivity index (χ4v) is 5.36. The Morgan fingerprint density at radius 3 is 1.98 bits per heavy atom. The number of ether oxygens (including phenoxy) is 2. The summed E-state index contributed by atoms with van der Waals surface area (Å²) in [4.78, 5) is 12.7. The summed E-state index contributed by atoms with van der Waals surface area (Å²) < 4.78 is 11.1. The van der Waals surface area contributed by atoms with Gasteiger partial charge in [-0.15, -0.1) is 0 Å². The molecule has 0 aromatic rings. The predicted molar refractivity (Wildman–Crippen MR) is 175 cm³/mol. The van der Waals surface area contributed by atoms with Crippen molar-refractivity contribution in [3.05, 3.63) is 24.3 Å². The van der Waals surface area contributed by atoms with Gasteiger partial charge < -0.3 is 40.3 Å². The molecule has 1 heterocycles. The lowest BCUT2D eigenvalue weighted by Gasteiger charge is -2.40. The van der Waals surface area contributed by atoms with Crippen molar-refractivity contribution in [1.29, 1.82) is 0 Å². The van der Waals surface area contributed by atoms with Gasteiger partial charge >= 0.3 is 0 Å². The molecule has 1 amide bonds. The van der Waals surface area contributed by atoms with Crippen LogP contribution in [0.15, 0.2) is 24.3 Å². The van der Waals surface area contributed by atoms with Gasteiger partial charge in [-0.3, -0.25) is 4.79 Å². The third kappa shape index (κ3) is 18.6. The number of aliphatic hydroxyl groups is 5. The largest absolute Gasteiger partial charge is 0.394 e. The molecule has 0 saturated carbocycles. The molecule has 0 unspecified atom stereocenters. The summed E-state index contributed by atoms with van der Waals surface area (Å²) in [6, 6.07) is -0.715. The molecule has 0 aromatic heterocycles. The minimum Gasteiger partial charge on any atom is -0.394 e. The van der Waals surface area contributed by atoms with E-state index < -0.39 is 49.5 Å². The van der Waals surface area contributed by atoms with Crippen LogP contribution in [0.3, 0.4) is 0 Å². The molecule has 0 radical (unpaired) electrons. The zero-order valence-electron chi connectivity index (χ0n) is 27.7. The van der Waals surface area contributed by atoms with Gasteiger partial charge in [-0.25, -0.2) is 0 Å². The van der Waals surface area contributed by atoms with Crippen LogP contribution in [0.2, 0.25) is 0 Å². The van der Waals surface area contributed by atoms with Gasteiger partial charge in [0.05, 0.1) is 25.4 Å². The molecule has 1 rings (SSSR count). The summed E-state index contributed by atoms with van der Waals surface area (Å²) in [5.74, 6) is -0.164. The monoisotopic (exact) mass is 627 g/mol. The Hall–Kier alpha value is -1.33. The van der Waals surface area contributed by atoms with Crippen LogP contribution in [-0.4, -0.2) is 87.5 Å². The molecule has 6 N–H and O–H groups in total. The predicted octanol–water partition coefficient (Wildman–Crippen LogP) is 5.21. The summed E-state index contributed by atoms with van der Waals surface area (Å²) in [6.07, 6.45) is 21.0. The number of aliphatic hydroxyl groups excluding tert-OH is 5. The lowest BCUT2D eigenvalue weighted by atomic mass is 9.99. The summed E-state index contributed by atoms with van der Waals surface area (Å²) >= 11 is 0. The van der Waals surface area contributed by atoms with E-state index in [-0.39, 0.29) is 12.5 Å². The molecule has 0 bridgehead atoms. The van der Waals surface area contributed by atoms with Gasteiger partial charge in [0.1, 0.15) is 24.4 Å². The summed E-state index contributed by atoms with van der Waals surface area (Å²) in [5, 5.41) is 53.4. The Morgan fingerprint density at radius 2 is 1.34 bits per heavy atom. The van der Waals surface area contributed by atoms with Crippen molar-refractivity contribution in [2.45, 2.75) is 179 Å². The maximum absolute atomic E-state index is 12.7. The van der Waals surface area contributed by atoms with Gasteiger partial charge in [0, 0.05) is 6.42 Å². The number of carbonyl (C=O) groups excluding carboxylic acids is 1. The molecule has 1 saturated heterocycles. The molecule has 7 atom stereocenters. The van der Waals surface area contributed by atoms with Crippen molar-refractivity contribution in [2.75, 3.05) is 13.2 Å². The van der Waals surface area contributed by atoms with E-state index in [0.717, 1.165) is 64.2 Å². The number of unbranched alkanes of at least 4 members (excludes halogenated alkanes) is 13. The molecule has 0 spiro atoms. The highest BCUT2D eigenvalue weighted by Gasteiger charge is 2.44. The van der Waals surface area contributed by atoms with Crippen molar-refractivity contribution < 1.29 is 39.8 Å². The highest BCUT2D eigenvalue weighted by Crippen LogP contribution is 2.22. The van der Waals surface area contributed by atoms with Crippen molar-refractivity contribution in [3.63, 3.8) is 0 Å². The molecular formula is C35H65NO8. The number of allylic oxidation sites excluding steroid dienone is 4. The van der Waals surface area contributed by atoms with Crippen LogP contribution in [0.25, 0.3) is 0 Å². The zero-order chi connectivity index (χ0) is 32.4. The molecule has 44 heavy (non-hydrogen) atoms. The molecule has 1 aliphatic heterocycles. The summed E-state index contributed by atoms with van der Waals surface area (Å²) in [5.41, 5.74) is 0. The van der Waals surface area contributed by atoms with Gasteiger partial charge in [0.25, 0.3) is 0 Å². The van der Waals surface area contributed by atoms with E-state index in [0.29, 0.717) is 12.8 Å². The second-order valence-corrected chi connectivity index (χ2v) is 12.3. The molecule has 258 valence electrons. The van der Waals surface area contributed by atoms with Gasteiger partial charge in [0.2, 0.25) is 5.91 Å². The maximum atomic E-state index is 12.7. The van der Waals surface area contributed by atoms with Crippen LogP contribution in [0.5, 0.6) is 0 Å². The highest BCUT2D eigenvalue weighted by atomic mass is 16.7. The molecule has 9 heteroatoms. The van der Waals surface area contributed by atoms with Crippen LogP contribution in [0.4, 0.5) is 0 Å². The number of nitrogens with one attached hydrogen (secondary N) is 1. The zero-order valence-corrected chi connectivity index (χ0v) is 27.7. The Bertz CT molecular complexity index is 746. The second-order valence-electron chi connectivity index (χ2n) is 12.3. The Morgan fingerprint density at radius 1 is 0.773 bits per heavy atom. The molecule has 1 fully saturated rings. The number of hydrogen-bond donors (Lipinski definition) is 6. The molecule has 0 aliphatic carbocycles. The summed E-state index contributed by atoms with van der Waals surface area (Å²) in [6.45, 7) is 3.64. The Kier molecular flexibility index (Phi) is 24.8. The minimum atomic E-state index is -1.55. The first-order valence-corrected chi connectivity index (χ1v) is 17.5. The van der Waals surface area contributed by atoms with E-state index in [2.05, 4.69) is 43.5 Å². The van der Waals surface area contributed by atoms with Crippen LogP contribution < -0.4 is 5.32 Å². The average molecular weight is 628 g/mol. The molecule has 1 aliphatic rings. The number of amides is 1. The SMILES string of the molecule is CCCCC/C=C\C/C=C\CCCCCCCCCC(=O)N[C@@H](CO[C@H]1O[C@H](CO)[C@H](O)[C@H](O)[C@H]1O)[C@H](O)CCCCCC. The molecule has 0 aromatic carbocycles. The van der Waals surface area contributed by atoms with Crippen LogP contribution in [0.1, 0.15) is 136 Å². The highest BCUT2D eigenvalue weighted by molar-refractivity contribution is 5.76. The van der Waals surface area contributed by atoms with E-state index in [1.165, 1.54) is 44.9 Å². The number of hydrogen-bond acceptors (Lipinski definition) is 8. The standard InChI is InChI=1S/C35H65NO8/c1-3-5-7-9-10-11-12-13-14-15-16-17-18-19-20-21-23-25-31(39)36-28(29(38)24-22-8-6-4-2)27-43-35-34(42)33(41)32(40)30(26-37)44-35/h10-11,13-14,28-30,32-35,37-38,40-42H,3-9,12,15-27H2,1-2H3,(H,36,39)/b11-10-,14-13-/t28-,29+,30+,32-,33-,34+,35-/m0/s1. The minimum absolute atomic E-state index is 0.145. The fraction of sp³-hybridized carbons (Fsp3) is 0.857. The van der Waals surface area contributed by atoms with Crippen LogP contribution >= 0.6 is 0 Å². The van der Waals surface area contributed by atoms with Gasteiger partial charge in [-0.05, 0) is 44.9 Å². The topological polar surface area (TPSA) is 149 Å². The normalized spacial score (nSPS) is 23.8. The van der Waals surface area contributed by atoms with Crippen molar-refractivity contribution in [1.82, 2.24) is 5.32 Å². The van der Waals surface area contributed by atoms with E-state index in [4.69, 9.17) is 9.47 Å². The maximum Gasteiger partial charge on any atom is 0.220 e. The lowest BCUT2D eigenvalue weighted by molar-refractivity contribution is -0.302. The fourth-order valence-electron chi connectivity index (χ4n) is 5.36. The Labute approximate surface area is 267 Å². The first-order chi connectivity index (χ1) is 21.3. The van der Waals surface area contributed by atoms with E-state index >= 15 is 0 Å². The quantitative estimate of drug-likeness (QED) is 0.0537. The van der Waals surface area contributed by atoms with Crippen molar-refractivity contribution >= 4 is 5.91 Å². The van der Waals surface area contributed by atoms with Crippen LogP contribution in [0, 0.1) is 0 Å². The van der Waals surface area contributed by atoms with Crippen LogP contribution in [-0.2, 0) is 14.3 Å². The second kappa shape index (κ2) is 26.8. The first kappa shape index (κ1) is 40.7. The van der Waals surface area contributed by atoms with E-state index in [9.17, 15) is 30.3 Å². The Balaban J connectivity index is 2.31. The number of rotatable bonds is 27. The van der Waals surface area contributed by atoms with Crippen molar-refractivity contribution in [3.8, 4) is 0 Å². The molecule has 9 nitrogen and oxygen atoms in total. The summed E-state index contributed by atoms with van der Waals surface area (Å²) in [7, 11) is 0.